The number of likely N-dealkylation sites (tertiary alicyclic amines) is 1. The summed E-state index contributed by atoms with van der Waals surface area (Å²) in [7, 11) is 0. The van der Waals surface area contributed by atoms with Crippen LogP contribution in [0.1, 0.15) is 44.9 Å². The third-order valence-electron chi connectivity index (χ3n) is 6.57. The van der Waals surface area contributed by atoms with Crippen LogP contribution in [0, 0.1) is 11.8 Å². The molecule has 0 aromatic carbocycles. The summed E-state index contributed by atoms with van der Waals surface area (Å²) in [5.41, 5.74) is -0.0378. The van der Waals surface area contributed by atoms with Gasteiger partial charge in [0.05, 0.1) is 12.2 Å². The Morgan fingerprint density at radius 1 is 1.22 bits per heavy atom. The fourth-order valence-electron chi connectivity index (χ4n) is 4.50. The van der Waals surface area contributed by atoms with E-state index in [-0.39, 0.29) is 5.60 Å². The summed E-state index contributed by atoms with van der Waals surface area (Å²) < 4.78 is 43.7. The summed E-state index contributed by atoms with van der Waals surface area (Å²) in [6.07, 6.45) is 4.10. The van der Waals surface area contributed by atoms with Gasteiger partial charge in [0, 0.05) is 37.9 Å². The maximum atomic E-state index is 12.5. The smallest absolute Gasteiger partial charge is 0.478 e. The number of aromatic nitrogens is 1. The first kappa shape index (κ1) is 24.3. The zero-order valence-electron chi connectivity index (χ0n) is 17.9. The summed E-state index contributed by atoms with van der Waals surface area (Å²) in [6.45, 7) is 3.22. The summed E-state index contributed by atoms with van der Waals surface area (Å²) in [4.78, 5) is 27.6. The highest BCUT2D eigenvalue weighted by molar-refractivity contribution is 5.79. The number of carboxylic acids is 1. The molecular formula is C22H29F3N2O5. The molecule has 1 N–H and O–H groups in total. The molecule has 1 atom stereocenters. The molecule has 3 heterocycles. The molecule has 178 valence electrons. The number of aliphatic carboxylic acids is 1. The first-order valence-electron chi connectivity index (χ1n) is 11.0. The van der Waals surface area contributed by atoms with Crippen LogP contribution in [0.2, 0.25) is 0 Å². The summed E-state index contributed by atoms with van der Waals surface area (Å²) in [5, 5.41) is 7.12. The van der Waals surface area contributed by atoms with Crippen LogP contribution in [0.4, 0.5) is 13.2 Å². The monoisotopic (exact) mass is 458 g/mol. The van der Waals surface area contributed by atoms with Crippen LogP contribution in [0.5, 0.6) is 5.88 Å². The Morgan fingerprint density at radius 3 is 2.44 bits per heavy atom. The zero-order valence-corrected chi connectivity index (χ0v) is 17.9. The lowest BCUT2D eigenvalue weighted by molar-refractivity contribution is -0.192. The first-order chi connectivity index (χ1) is 15.2. The van der Waals surface area contributed by atoms with Gasteiger partial charge in [-0.1, -0.05) is 12.5 Å². The fourth-order valence-corrected chi connectivity index (χ4v) is 4.50. The lowest BCUT2D eigenvalue weighted by Gasteiger charge is -2.43. The maximum Gasteiger partial charge on any atom is 0.490 e. The molecule has 32 heavy (non-hydrogen) atoms. The number of pyridine rings is 1. The van der Waals surface area contributed by atoms with Crippen molar-refractivity contribution in [3.63, 3.8) is 0 Å². The second kappa shape index (κ2) is 10.5. The van der Waals surface area contributed by atoms with Crippen LogP contribution in [-0.4, -0.2) is 64.9 Å². The van der Waals surface area contributed by atoms with E-state index in [2.05, 4.69) is 9.88 Å². The Balaban J connectivity index is 0.000000360. The Hall–Kier alpha value is -2.36. The second-order valence-corrected chi connectivity index (χ2v) is 8.46. The molecule has 1 saturated carbocycles. The van der Waals surface area contributed by atoms with Crippen molar-refractivity contribution in [2.24, 2.45) is 11.8 Å². The summed E-state index contributed by atoms with van der Waals surface area (Å²) in [5.74, 6) is -0.851. The number of carbonyl (C=O) groups is 2. The highest BCUT2D eigenvalue weighted by Crippen LogP contribution is 2.43. The fraction of sp³-hybridized carbons (Fsp3) is 0.682. The zero-order chi connectivity index (χ0) is 23.2. The minimum absolute atomic E-state index is 0.0378. The number of carbonyl (C=O) groups excluding carboxylic acids is 1. The van der Waals surface area contributed by atoms with Gasteiger partial charge < -0.3 is 19.5 Å². The van der Waals surface area contributed by atoms with Crippen molar-refractivity contribution in [1.29, 1.82) is 0 Å². The molecule has 7 nitrogen and oxygen atoms in total. The SMILES string of the molecule is O=C(C1CCC1)N1CCC2(CC1)OCCC2CCOc1ccccn1.O=C(O)C(F)(F)F. The molecular weight excluding hydrogens is 429 g/mol. The second-order valence-electron chi connectivity index (χ2n) is 8.46. The van der Waals surface area contributed by atoms with E-state index in [0.717, 1.165) is 58.2 Å². The number of ether oxygens (including phenoxy) is 2. The van der Waals surface area contributed by atoms with Crippen molar-refractivity contribution >= 4 is 11.9 Å². The Morgan fingerprint density at radius 2 is 1.91 bits per heavy atom. The predicted molar refractivity (Wildman–Crippen MR) is 108 cm³/mol. The lowest BCUT2D eigenvalue weighted by atomic mass is 9.77. The van der Waals surface area contributed by atoms with Crippen LogP contribution < -0.4 is 4.74 Å². The van der Waals surface area contributed by atoms with Gasteiger partial charge in [-0.25, -0.2) is 9.78 Å². The number of rotatable bonds is 5. The highest BCUT2D eigenvalue weighted by Gasteiger charge is 2.47. The van der Waals surface area contributed by atoms with Gasteiger partial charge in [-0.2, -0.15) is 13.2 Å². The number of nitrogens with zero attached hydrogens (tertiary/aromatic N) is 2. The van der Waals surface area contributed by atoms with Crippen molar-refractivity contribution in [2.45, 2.75) is 56.7 Å². The van der Waals surface area contributed by atoms with Gasteiger partial charge in [0.25, 0.3) is 0 Å². The summed E-state index contributed by atoms with van der Waals surface area (Å²) in [6, 6.07) is 5.73. The van der Waals surface area contributed by atoms with Gasteiger partial charge in [-0.05, 0) is 50.5 Å². The van der Waals surface area contributed by atoms with Gasteiger partial charge in [0.15, 0.2) is 0 Å². The van der Waals surface area contributed by atoms with Crippen LogP contribution in [0.25, 0.3) is 0 Å². The number of carboxylic acid groups (broad SMARTS) is 1. The van der Waals surface area contributed by atoms with E-state index in [1.54, 1.807) is 6.20 Å². The Labute approximate surface area is 184 Å². The number of alkyl halides is 3. The van der Waals surface area contributed by atoms with E-state index in [9.17, 15) is 18.0 Å². The molecule has 3 fully saturated rings. The van der Waals surface area contributed by atoms with Crippen molar-refractivity contribution in [3.8, 4) is 5.88 Å². The third-order valence-corrected chi connectivity index (χ3v) is 6.57. The van der Waals surface area contributed by atoms with Crippen molar-refractivity contribution in [2.75, 3.05) is 26.3 Å². The van der Waals surface area contributed by atoms with Crippen molar-refractivity contribution in [3.05, 3.63) is 24.4 Å². The molecule has 1 unspecified atom stereocenters. The van der Waals surface area contributed by atoms with E-state index in [1.165, 1.54) is 6.42 Å². The minimum atomic E-state index is -5.08. The lowest BCUT2D eigenvalue weighted by Crippen LogP contribution is -2.51. The Kier molecular flexibility index (Phi) is 7.97. The number of hydrogen-bond acceptors (Lipinski definition) is 5. The molecule has 1 spiro atoms. The molecule has 1 aliphatic carbocycles. The number of hydrogen-bond donors (Lipinski definition) is 1. The molecule has 10 heteroatoms. The summed E-state index contributed by atoms with van der Waals surface area (Å²) >= 11 is 0. The van der Waals surface area contributed by atoms with Crippen molar-refractivity contribution < 1.29 is 37.3 Å². The molecule has 2 aliphatic heterocycles. The average molecular weight is 458 g/mol. The largest absolute Gasteiger partial charge is 0.490 e. The standard InChI is InChI=1S/C20H28N2O3.C2HF3O2/c23-19(16-4-3-5-16)22-12-9-20(10-13-22)17(8-15-25-20)7-14-24-18-6-1-2-11-21-18;3-2(4,5)1(6)7/h1-2,6,11,16-17H,3-5,7-10,12-15H2;(H,6,7). The van der Waals surface area contributed by atoms with E-state index in [1.807, 2.05) is 18.2 Å². The van der Waals surface area contributed by atoms with E-state index >= 15 is 0 Å². The third kappa shape index (κ3) is 6.11. The van der Waals surface area contributed by atoms with Gasteiger partial charge in [0.1, 0.15) is 0 Å². The van der Waals surface area contributed by atoms with Gasteiger partial charge >= 0.3 is 12.1 Å². The normalized spacial score (nSPS) is 22.6. The van der Waals surface area contributed by atoms with Gasteiger partial charge in [-0.15, -0.1) is 0 Å². The molecule has 3 aliphatic rings. The average Bonchev–Trinajstić information content (AvgIpc) is 3.09. The van der Waals surface area contributed by atoms with Crippen LogP contribution >= 0.6 is 0 Å². The van der Waals surface area contributed by atoms with Crippen LogP contribution in [0.15, 0.2) is 24.4 Å². The highest BCUT2D eigenvalue weighted by atomic mass is 19.4. The van der Waals surface area contributed by atoms with Gasteiger partial charge in [0.2, 0.25) is 11.8 Å². The molecule has 0 radical (unpaired) electrons. The molecule has 0 bridgehead atoms. The number of halogens is 3. The van der Waals surface area contributed by atoms with Crippen molar-refractivity contribution in [1.82, 2.24) is 9.88 Å². The maximum absolute atomic E-state index is 12.5. The first-order valence-corrected chi connectivity index (χ1v) is 11.0. The molecule has 2 saturated heterocycles. The minimum Gasteiger partial charge on any atom is -0.478 e. The van der Waals surface area contributed by atoms with Gasteiger partial charge in [-0.3, -0.25) is 4.79 Å². The molecule has 1 aromatic rings. The molecule has 1 amide bonds. The topological polar surface area (TPSA) is 89.0 Å². The van der Waals surface area contributed by atoms with Crippen LogP contribution in [-0.2, 0) is 14.3 Å². The van der Waals surface area contributed by atoms with Crippen LogP contribution in [0.3, 0.4) is 0 Å². The Bertz CT molecular complexity index is 763. The van der Waals surface area contributed by atoms with E-state index in [0.29, 0.717) is 30.2 Å². The number of piperidine rings is 1. The van der Waals surface area contributed by atoms with E-state index in [4.69, 9.17) is 19.4 Å². The predicted octanol–water partition coefficient (Wildman–Crippen LogP) is 3.68. The quantitative estimate of drug-likeness (QED) is 0.724. The molecule has 1 aromatic heterocycles. The number of amides is 1. The van der Waals surface area contributed by atoms with E-state index < -0.39 is 12.1 Å². The molecule has 4 rings (SSSR count).